The molecule has 26 heavy (non-hydrogen) atoms. The van der Waals surface area contributed by atoms with Gasteiger partial charge in [-0.25, -0.2) is 8.42 Å². The molecule has 0 saturated heterocycles. The number of aryl methyl sites for hydroxylation is 1. The lowest BCUT2D eigenvalue weighted by Gasteiger charge is -2.33. The third-order valence-electron chi connectivity index (χ3n) is 4.62. The standard InChI is InChI=1S/C18H19N5O2S/c1-14-20-21-18-13-22(26(24,25)17-8-5-9-19-11-17)12-16(23(14)18)10-15-6-3-2-4-7-15/h2-9,11,16H,10,12-13H2,1H3/t16-/m1/s1. The summed E-state index contributed by atoms with van der Waals surface area (Å²) in [5, 5.41) is 8.36. The molecule has 1 aromatic carbocycles. The maximum absolute atomic E-state index is 13.0. The Balaban J connectivity index is 1.70. The summed E-state index contributed by atoms with van der Waals surface area (Å²) in [6, 6.07) is 13.2. The molecule has 4 rings (SSSR count). The van der Waals surface area contributed by atoms with Crippen LogP contribution in [0.15, 0.2) is 59.8 Å². The number of sulfonamides is 1. The number of pyridine rings is 1. The van der Waals surface area contributed by atoms with E-state index in [0.29, 0.717) is 18.8 Å². The lowest BCUT2D eigenvalue weighted by Crippen LogP contribution is -2.42. The summed E-state index contributed by atoms with van der Waals surface area (Å²) in [7, 11) is -3.63. The summed E-state index contributed by atoms with van der Waals surface area (Å²) in [4.78, 5) is 4.14. The van der Waals surface area contributed by atoms with Crippen LogP contribution >= 0.6 is 0 Å². The van der Waals surface area contributed by atoms with Gasteiger partial charge in [0.25, 0.3) is 0 Å². The smallest absolute Gasteiger partial charge is 0.245 e. The van der Waals surface area contributed by atoms with Gasteiger partial charge in [-0.05, 0) is 31.0 Å². The molecule has 0 spiro atoms. The van der Waals surface area contributed by atoms with Crippen LogP contribution in [0, 0.1) is 6.92 Å². The number of aromatic nitrogens is 4. The van der Waals surface area contributed by atoms with Gasteiger partial charge in [-0.1, -0.05) is 30.3 Å². The van der Waals surface area contributed by atoms with Gasteiger partial charge in [0, 0.05) is 18.9 Å². The number of nitrogens with zero attached hydrogens (tertiary/aromatic N) is 5. The summed E-state index contributed by atoms with van der Waals surface area (Å²) in [6.45, 7) is 2.49. The number of benzene rings is 1. The van der Waals surface area contributed by atoms with Crippen molar-refractivity contribution in [1.82, 2.24) is 24.1 Å². The van der Waals surface area contributed by atoms with E-state index in [1.165, 1.54) is 10.5 Å². The molecule has 0 saturated carbocycles. The first-order valence-corrected chi connectivity index (χ1v) is 9.84. The molecule has 3 aromatic rings. The zero-order chi connectivity index (χ0) is 18.1. The Labute approximate surface area is 152 Å². The quantitative estimate of drug-likeness (QED) is 0.702. The van der Waals surface area contributed by atoms with E-state index in [-0.39, 0.29) is 17.5 Å². The number of hydrogen-bond donors (Lipinski definition) is 0. The molecular weight excluding hydrogens is 350 g/mol. The molecule has 7 nitrogen and oxygen atoms in total. The van der Waals surface area contributed by atoms with Crippen molar-refractivity contribution in [3.05, 3.63) is 72.1 Å². The Morgan fingerprint density at radius 3 is 2.65 bits per heavy atom. The van der Waals surface area contributed by atoms with Crippen molar-refractivity contribution < 1.29 is 8.42 Å². The first kappa shape index (κ1) is 16.9. The normalized spacial score (nSPS) is 17.8. The molecule has 0 radical (unpaired) electrons. The summed E-state index contributed by atoms with van der Waals surface area (Å²) >= 11 is 0. The Kier molecular flexibility index (Phi) is 4.29. The van der Waals surface area contributed by atoms with Crippen LogP contribution in [0.5, 0.6) is 0 Å². The summed E-state index contributed by atoms with van der Waals surface area (Å²) < 4.78 is 29.6. The van der Waals surface area contributed by atoms with Crippen LogP contribution in [0.2, 0.25) is 0 Å². The van der Waals surface area contributed by atoms with Crippen LogP contribution in [0.4, 0.5) is 0 Å². The highest BCUT2D eigenvalue weighted by molar-refractivity contribution is 7.89. The molecule has 1 aliphatic rings. The van der Waals surface area contributed by atoms with Crippen molar-refractivity contribution in [2.75, 3.05) is 6.54 Å². The molecule has 0 amide bonds. The van der Waals surface area contributed by atoms with E-state index in [4.69, 9.17) is 0 Å². The third kappa shape index (κ3) is 3.02. The maximum atomic E-state index is 13.0. The van der Waals surface area contributed by atoms with Crippen LogP contribution < -0.4 is 0 Å². The second-order valence-corrected chi connectivity index (χ2v) is 8.30. The van der Waals surface area contributed by atoms with Gasteiger partial charge in [0.2, 0.25) is 10.0 Å². The van der Waals surface area contributed by atoms with Crippen molar-refractivity contribution in [2.24, 2.45) is 0 Å². The van der Waals surface area contributed by atoms with Gasteiger partial charge in [0.1, 0.15) is 16.5 Å². The minimum atomic E-state index is -3.63. The van der Waals surface area contributed by atoms with Gasteiger partial charge in [-0.3, -0.25) is 4.98 Å². The highest BCUT2D eigenvalue weighted by Gasteiger charge is 2.35. The van der Waals surface area contributed by atoms with Gasteiger partial charge >= 0.3 is 0 Å². The van der Waals surface area contributed by atoms with Gasteiger partial charge < -0.3 is 4.57 Å². The van der Waals surface area contributed by atoms with Crippen LogP contribution in [0.1, 0.15) is 23.3 Å². The average molecular weight is 369 g/mol. The van der Waals surface area contributed by atoms with E-state index < -0.39 is 10.0 Å². The topological polar surface area (TPSA) is 81.0 Å². The molecule has 3 heterocycles. The molecule has 1 atom stereocenters. The van der Waals surface area contributed by atoms with Crippen molar-refractivity contribution >= 4 is 10.0 Å². The largest absolute Gasteiger partial charge is 0.309 e. The van der Waals surface area contributed by atoms with Crippen molar-refractivity contribution in [3.8, 4) is 0 Å². The minimum Gasteiger partial charge on any atom is -0.309 e. The predicted molar refractivity (Wildman–Crippen MR) is 95.8 cm³/mol. The molecule has 8 heteroatoms. The summed E-state index contributed by atoms with van der Waals surface area (Å²) in [5.41, 5.74) is 1.15. The number of rotatable bonds is 4. The first-order chi connectivity index (χ1) is 12.6. The van der Waals surface area contributed by atoms with Crippen LogP contribution in [0.25, 0.3) is 0 Å². The Bertz CT molecular complexity index is 1000. The highest BCUT2D eigenvalue weighted by atomic mass is 32.2. The fourth-order valence-corrected chi connectivity index (χ4v) is 4.81. The van der Waals surface area contributed by atoms with Gasteiger partial charge in [0.15, 0.2) is 0 Å². The van der Waals surface area contributed by atoms with E-state index in [0.717, 1.165) is 11.4 Å². The number of fused-ring (bicyclic) bond motifs is 1. The molecular formula is C18H19N5O2S. The second-order valence-electron chi connectivity index (χ2n) is 6.36. The lowest BCUT2D eigenvalue weighted by atomic mass is 10.0. The van der Waals surface area contributed by atoms with Crippen LogP contribution in [-0.4, -0.2) is 39.0 Å². The van der Waals surface area contributed by atoms with Crippen molar-refractivity contribution in [2.45, 2.75) is 30.8 Å². The van der Waals surface area contributed by atoms with Crippen LogP contribution in [-0.2, 0) is 23.0 Å². The molecule has 0 aliphatic carbocycles. The zero-order valence-corrected chi connectivity index (χ0v) is 15.2. The van der Waals surface area contributed by atoms with Crippen LogP contribution in [0.3, 0.4) is 0 Å². The SMILES string of the molecule is Cc1nnc2n1[C@H](Cc1ccccc1)CN(S(=O)(=O)c1cccnc1)C2. The Morgan fingerprint density at radius 2 is 1.92 bits per heavy atom. The highest BCUT2D eigenvalue weighted by Crippen LogP contribution is 2.28. The minimum absolute atomic E-state index is 0.0532. The lowest BCUT2D eigenvalue weighted by molar-refractivity contribution is 0.274. The molecule has 0 fully saturated rings. The molecule has 0 bridgehead atoms. The fraction of sp³-hybridized carbons (Fsp3) is 0.278. The summed E-state index contributed by atoms with van der Waals surface area (Å²) in [6.07, 6.45) is 3.66. The van der Waals surface area contributed by atoms with E-state index >= 15 is 0 Å². The van der Waals surface area contributed by atoms with E-state index in [1.54, 1.807) is 18.3 Å². The zero-order valence-electron chi connectivity index (χ0n) is 14.4. The Morgan fingerprint density at radius 1 is 1.12 bits per heavy atom. The molecule has 0 unspecified atom stereocenters. The van der Waals surface area contributed by atoms with Gasteiger partial charge in [-0.2, -0.15) is 4.31 Å². The predicted octanol–water partition coefficient (Wildman–Crippen LogP) is 1.97. The molecule has 0 N–H and O–H groups in total. The monoisotopic (exact) mass is 369 g/mol. The van der Waals surface area contributed by atoms with Crippen molar-refractivity contribution in [1.29, 1.82) is 0 Å². The second kappa shape index (κ2) is 6.62. The van der Waals surface area contributed by atoms with E-state index in [9.17, 15) is 8.42 Å². The van der Waals surface area contributed by atoms with Gasteiger partial charge in [0.05, 0.1) is 12.6 Å². The average Bonchev–Trinajstić information content (AvgIpc) is 3.04. The van der Waals surface area contributed by atoms with E-state index in [1.807, 2.05) is 37.3 Å². The maximum Gasteiger partial charge on any atom is 0.245 e. The van der Waals surface area contributed by atoms with Gasteiger partial charge in [-0.15, -0.1) is 10.2 Å². The third-order valence-corrected chi connectivity index (χ3v) is 6.42. The van der Waals surface area contributed by atoms with Crippen molar-refractivity contribution in [3.63, 3.8) is 0 Å². The molecule has 2 aromatic heterocycles. The first-order valence-electron chi connectivity index (χ1n) is 8.40. The number of hydrogen-bond acceptors (Lipinski definition) is 5. The molecule has 1 aliphatic heterocycles. The summed E-state index contributed by atoms with van der Waals surface area (Å²) in [5.74, 6) is 1.47. The van der Waals surface area contributed by atoms with E-state index in [2.05, 4.69) is 19.7 Å². The Hall–Kier alpha value is -2.58. The fourth-order valence-electron chi connectivity index (χ4n) is 3.41. The molecule has 134 valence electrons.